The van der Waals surface area contributed by atoms with Gasteiger partial charge in [-0.05, 0) is 41.5 Å². The van der Waals surface area contributed by atoms with E-state index in [0.717, 1.165) is 28.1 Å². The molecule has 0 radical (unpaired) electrons. The van der Waals surface area contributed by atoms with Gasteiger partial charge in [-0.2, -0.15) is 4.98 Å². The lowest BCUT2D eigenvalue weighted by Gasteiger charge is -2.28. The first kappa shape index (κ1) is 23.8. The van der Waals surface area contributed by atoms with Gasteiger partial charge in [0, 0.05) is 35.6 Å². The van der Waals surface area contributed by atoms with Crippen LogP contribution in [0.2, 0.25) is 5.15 Å². The summed E-state index contributed by atoms with van der Waals surface area (Å²) in [6.07, 6.45) is 3.76. The Morgan fingerprint density at radius 1 is 1.19 bits per heavy atom. The summed E-state index contributed by atoms with van der Waals surface area (Å²) >= 11 is 6.47. The average molecular weight is 455 g/mol. The van der Waals surface area contributed by atoms with Gasteiger partial charge >= 0.3 is 0 Å². The molecular weight excluding hydrogens is 424 g/mol. The summed E-state index contributed by atoms with van der Waals surface area (Å²) < 4.78 is 7.52. The van der Waals surface area contributed by atoms with Crippen LogP contribution in [-0.2, 0) is 6.54 Å². The second-order valence-electron chi connectivity index (χ2n) is 8.45. The zero-order valence-corrected chi connectivity index (χ0v) is 20.6. The molecule has 3 rings (SSSR count). The van der Waals surface area contributed by atoms with Crippen LogP contribution in [0.25, 0.3) is 11.0 Å². The van der Waals surface area contributed by atoms with E-state index in [1.165, 1.54) is 0 Å². The van der Waals surface area contributed by atoms with Crippen LogP contribution in [0.5, 0.6) is 5.75 Å². The number of hydrogen-bond acceptors (Lipinski definition) is 6. The van der Waals surface area contributed by atoms with Crippen LogP contribution in [0.15, 0.2) is 12.4 Å². The number of halogens is 1. The number of nitrogens with zero attached hydrogens (tertiary/aromatic N) is 5. The SMILES string of the molecule is COc1c(C)cnc(Cn2cc(C#CCN(C(C)C)C(C)C)c3c(Cl)nc(N)nc32)c1C. The van der Waals surface area contributed by atoms with Crippen molar-refractivity contribution in [2.75, 3.05) is 19.4 Å². The maximum Gasteiger partial charge on any atom is 0.223 e. The summed E-state index contributed by atoms with van der Waals surface area (Å²) in [4.78, 5) is 15.5. The summed E-state index contributed by atoms with van der Waals surface area (Å²) in [5.41, 5.74) is 10.2. The van der Waals surface area contributed by atoms with E-state index in [4.69, 9.17) is 22.1 Å². The Morgan fingerprint density at radius 3 is 2.50 bits per heavy atom. The number of aromatic nitrogens is 4. The van der Waals surface area contributed by atoms with Crippen molar-refractivity contribution in [1.82, 2.24) is 24.4 Å². The second-order valence-corrected chi connectivity index (χ2v) is 8.81. The Kier molecular flexibility index (Phi) is 7.27. The summed E-state index contributed by atoms with van der Waals surface area (Å²) in [5, 5.41) is 0.997. The third-order valence-corrected chi connectivity index (χ3v) is 5.84. The lowest BCUT2D eigenvalue weighted by Crippen LogP contribution is -2.37. The number of anilines is 1. The highest BCUT2D eigenvalue weighted by atomic mass is 35.5. The Morgan fingerprint density at radius 2 is 1.88 bits per heavy atom. The normalized spacial score (nSPS) is 11.5. The highest BCUT2D eigenvalue weighted by molar-refractivity contribution is 6.34. The molecule has 0 fully saturated rings. The van der Waals surface area contributed by atoms with Crippen LogP contribution >= 0.6 is 11.6 Å². The van der Waals surface area contributed by atoms with Gasteiger partial charge in [0.15, 0.2) is 0 Å². The van der Waals surface area contributed by atoms with E-state index in [1.807, 2.05) is 30.8 Å². The number of nitrogens with two attached hydrogens (primary N) is 1. The number of ether oxygens (including phenoxy) is 1. The van der Waals surface area contributed by atoms with Crippen molar-refractivity contribution in [2.24, 2.45) is 0 Å². The molecule has 7 nitrogen and oxygen atoms in total. The van der Waals surface area contributed by atoms with Crippen LogP contribution in [0.4, 0.5) is 5.95 Å². The summed E-state index contributed by atoms with van der Waals surface area (Å²) in [6, 6.07) is 0.811. The molecule has 170 valence electrons. The number of rotatable bonds is 6. The number of hydrogen-bond donors (Lipinski definition) is 1. The van der Waals surface area contributed by atoms with Crippen molar-refractivity contribution in [3.63, 3.8) is 0 Å². The molecule has 0 aliphatic carbocycles. The lowest BCUT2D eigenvalue weighted by atomic mass is 10.1. The number of methoxy groups -OCH3 is 1. The third kappa shape index (κ3) is 4.82. The van der Waals surface area contributed by atoms with Gasteiger partial charge in [0.05, 0.1) is 36.8 Å². The number of pyridine rings is 1. The molecule has 3 aromatic heterocycles. The van der Waals surface area contributed by atoms with Gasteiger partial charge in [0.2, 0.25) is 5.95 Å². The van der Waals surface area contributed by atoms with Gasteiger partial charge in [-0.1, -0.05) is 23.4 Å². The summed E-state index contributed by atoms with van der Waals surface area (Å²) in [6.45, 7) is 13.8. The van der Waals surface area contributed by atoms with Crippen LogP contribution in [0, 0.1) is 25.7 Å². The Bertz CT molecular complexity index is 1180. The fraction of sp³-hybridized carbons (Fsp3) is 0.458. The minimum absolute atomic E-state index is 0.123. The maximum absolute atomic E-state index is 6.47. The smallest absolute Gasteiger partial charge is 0.223 e. The minimum atomic E-state index is 0.123. The predicted octanol–water partition coefficient (Wildman–Crippen LogP) is 4.21. The number of nitrogen functional groups attached to an aromatic ring is 1. The fourth-order valence-corrected chi connectivity index (χ4v) is 4.23. The second kappa shape index (κ2) is 9.76. The molecule has 0 atom stereocenters. The molecule has 0 bridgehead atoms. The zero-order chi connectivity index (χ0) is 23.6. The maximum atomic E-state index is 6.47. The highest BCUT2D eigenvalue weighted by Gasteiger charge is 2.17. The topological polar surface area (TPSA) is 82.1 Å². The monoisotopic (exact) mass is 454 g/mol. The molecule has 3 heterocycles. The number of aryl methyl sites for hydroxylation is 1. The van der Waals surface area contributed by atoms with Crippen LogP contribution in [-0.4, -0.2) is 50.2 Å². The quantitative estimate of drug-likeness (QED) is 0.444. The van der Waals surface area contributed by atoms with Gasteiger partial charge in [-0.15, -0.1) is 0 Å². The largest absolute Gasteiger partial charge is 0.496 e. The molecule has 0 spiro atoms. The van der Waals surface area contributed by atoms with E-state index in [9.17, 15) is 0 Å². The number of fused-ring (bicyclic) bond motifs is 1. The minimum Gasteiger partial charge on any atom is -0.496 e. The van der Waals surface area contributed by atoms with E-state index in [2.05, 4.69) is 59.4 Å². The van der Waals surface area contributed by atoms with Crippen LogP contribution in [0.1, 0.15) is 50.1 Å². The molecular formula is C24H31ClN6O. The van der Waals surface area contributed by atoms with E-state index < -0.39 is 0 Å². The van der Waals surface area contributed by atoms with Gasteiger partial charge in [0.25, 0.3) is 0 Å². The molecule has 0 unspecified atom stereocenters. The molecule has 0 aliphatic heterocycles. The van der Waals surface area contributed by atoms with Gasteiger partial charge < -0.3 is 15.0 Å². The molecule has 0 saturated heterocycles. The van der Waals surface area contributed by atoms with Crippen LogP contribution in [0.3, 0.4) is 0 Å². The van der Waals surface area contributed by atoms with Crippen molar-refractivity contribution in [2.45, 2.75) is 60.2 Å². The third-order valence-electron chi connectivity index (χ3n) is 5.57. The van der Waals surface area contributed by atoms with Gasteiger partial charge in [0.1, 0.15) is 16.5 Å². The zero-order valence-electron chi connectivity index (χ0n) is 19.8. The van der Waals surface area contributed by atoms with Crippen molar-refractivity contribution < 1.29 is 4.74 Å². The Labute approximate surface area is 195 Å². The van der Waals surface area contributed by atoms with E-state index in [1.54, 1.807) is 7.11 Å². The van der Waals surface area contributed by atoms with E-state index in [-0.39, 0.29) is 5.95 Å². The van der Waals surface area contributed by atoms with Crippen molar-refractivity contribution in [1.29, 1.82) is 0 Å². The molecule has 0 aliphatic rings. The first-order chi connectivity index (χ1) is 15.1. The molecule has 2 N–H and O–H groups in total. The molecule has 8 heteroatoms. The van der Waals surface area contributed by atoms with Crippen molar-refractivity contribution in [3.05, 3.63) is 39.9 Å². The molecule has 0 aromatic carbocycles. The van der Waals surface area contributed by atoms with Gasteiger partial charge in [-0.3, -0.25) is 9.88 Å². The van der Waals surface area contributed by atoms with E-state index >= 15 is 0 Å². The molecule has 3 aromatic rings. The average Bonchev–Trinajstić information content (AvgIpc) is 3.04. The van der Waals surface area contributed by atoms with Crippen molar-refractivity contribution in [3.8, 4) is 17.6 Å². The predicted molar refractivity (Wildman–Crippen MR) is 130 cm³/mol. The highest BCUT2D eigenvalue weighted by Crippen LogP contribution is 2.29. The first-order valence-corrected chi connectivity index (χ1v) is 11.1. The summed E-state index contributed by atoms with van der Waals surface area (Å²) in [5.74, 6) is 7.53. The fourth-order valence-electron chi connectivity index (χ4n) is 3.95. The lowest BCUT2D eigenvalue weighted by molar-refractivity contribution is 0.200. The Hall–Kier alpha value is -2.82. The Balaban J connectivity index is 2.06. The molecule has 32 heavy (non-hydrogen) atoms. The van der Waals surface area contributed by atoms with Crippen molar-refractivity contribution >= 4 is 28.6 Å². The first-order valence-electron chi connectivity index (χ1n) is 10.7. The summed E-state index contributed by atoms with van der Waals surface area (Å²) in [7, 11) is 1.67. The van der Waals surface area contributed by atoms with E-state index in [0.29, 0.717) is 41.4 Å². The van der Waals surface area contributed by atoms with Crippen LogP contribution < -0.4 is 10.5 Å². The standard InChI is InChI=1S/C24H31ClN6O/c1-14(2)31(15(3)4)10-8-9-18-12-30(23-20(18)22(25)28-24(26)29-23)13-19-17(6)21(32-7)16(5)11-27-19/h11-12,14-15H,10,13H2,1-7H3,(H2,26,28,29). The molecule has 0 saturated carbocycles. The molecule has 0 amide bonds. The van der Waals surface area contributed by atoms with Gasteiger partial charge in [-0.25, -0.2) is 4.98 Å².